The normalized spacial score (nSPS) is 22.7. The van der Waals surface area contributed by atoms with Crippen LogP contribution in [0.25, 0.3) is 0 Å². The van der Waals surface area contributed by atoms with Crippen molar-refractivity contribution in [2.45, 2.75) is 18.3 Å². The highest BCUT2D eigenvalue weighted by molar-refractivity contribution is 6.23. The summed E-state index contributed by atoms with van der Waals surface area (Å²) in [6.07, 6.45) is -5.82. The molecular formula is C24H16F4N2O3. The summed E-state index contributed by atoms with van der Waals surface area (Å²) in [6, 6.07) is 17.0. The van der Waals surface area contributed by atoms with Gasteiger partial charge < -0.3 is 0 Å². The lowest BCUT2D eigenvalue weighted by molar-refractivity contribution is -0.137. The van der Waals surface area contributed by atoms with Gasteiger partial charge in [0.15, 0.2) is 6.10 Å². The lowest BCUT2D eigenvalue weighted by Gasteiger charge is -2.29. The first kappa shape index (κ1) is 21.1. The van der Waals surface area contributed by atoms with Crippen molar-refractivity contribution in [2.24, 2.45) is 5.92 Å². The molecule has 9 heteroatoms. The fraction of sp³-hybridized carbons (Fsp3) is 0.167. The standard InChI is InChI=1S/C24H16F4N2O3/c25-16-9-11-17(12-10-16)29-22(31)19-20(14-5-4-6-15(13-14)24(26,27)28)30(33-21(19)23(29)32)18-7-2-1-3-8-18/h1-13,19-21H/t19-,20-,21-/m1/s1. The Balaban J connectivity index is 1.60. The van der Waals surface area contributed by atoms with Crippen LogP contribution in [0.3, 0.4) is 0 Å². The minimum absolute atomic E-state index is 0.165. The number of alkyl halides is 3. The number of nitrogens with zero attached hydrogens (tertiary/aromatic N) is 2. The van der Waals surface area contributed by atoms with Crippen molar-refractivity contribution in [3.05, 3.63) is 95.8 Å². The SMILES string of the molecule is O=C1[C@@H]2[C@@H](c3cccc(C(F)(F)F)c3)N(c3ccccc3)O[C@H]2C(=O)N1c1ccc(F)cc1. The number of anilines is 2. The van der Waals surface area contributed by atoms with E-state index in [-0.39, 0.29) is 11.3 Å². The molecule has 2 fully saturated rings. The predicted molar refractivity (Wildman–Crippen MR) is 110 cm³/mol. The van der Waals surface area contributed by atoms with Crippen LogP contribution in [0.15, 0.2) is 78.9 Å². The van der Waals surface area contributed by atoms with Gasteiger partial charge in [0.1, 0.15) is 11.7 Å². The molecule has 5 nitrogen and oxygen atoms in total. The summed E-state index contributed by atoms with van der Waals surface area (Å²) in [7, 11) is 0. The molecule has 33 heavy (non-hydrogen) atoms. The van der Waals surface area contributed by atoms with E-state index in [2.05, 4.69) is 0 Å². The minimum Gasteiger partial charge on any atom is -0.273 e. The Morgan fingerprint density at radius 3 is 2.15 bits per heavy atom. The monoisotopic (exact) mass is 456 g/mol. The molecule has 168 valence electrons. The largest absolute Gasteiger partial charge is 0.416 e. The number of fused-ring (bicyclic) bond motifs is 1. The zero-order chi connectivity index (χ0) is 23.3. The number of benzene rings is 3. The molecule has 0 radical (unpaired) electrons. The van der Waals surface area contributed by atoms with Gasteiger partial charge in [-0.2, -0.15) is 13.2 Å². The molecule has 0 N–H and O–H groups in total. The van der Waals surface area contributed by atoms with Crippen LogP contribution in [0.1, 0.15) is 17.2 Å². The van der Waals surface area contributed by atoms with E-state index in [1.807, 2.05) is 0 Å². The summed E-state index contributed by atoms with van der Waals surface area (Å²) in [5.74, 6) is -2.91. The van der Waals surface area contributed by atoms with Crippen molar-refractivity contribution in [1.82, 2.24) is 0 Å². The Morgan fingerprint density at radius 1 is 0.788 bits per heavy atom. The summed E-state index contributed by atoms with van der Waals surface area (Å²) in [5, 5.41) is 1.32. The number of halogens is 4. The average Bonchev–Trinajstić information content (AvgIpc) is 3.31. The number of hydroxylamine groups is 1. The van der Waals surface area contributed by atoms with Gasteiger partial charge in [-0.15, -0.1) is 0 Å². The van der Waals surface area contributed by atoms with Gasteiger partial charge in [-0.25, -0.2) is 14.4 Å². The first-order valence-electron chi connectivity index (χ1n) is 10.1. The first-order chi connectivity index (χ1) is 15.8. The molecule has 0 bridgehead atoms. The Morgan fingerprint density at radius 2 is 1.48 bits per heavy atom. The average molecular weight is 456 g/mol. The molecule has 3 aromatic rings. The smallest absolute Gasteiger partial charge is 0.273 e. The van der Waals surface area contributed by atoms with E-state index >= 15 is 0 Å². The molecule has 2 saturated heterocycles. The van der Waals surface area contributed by atoms with Crippen molar-refractivity contribution in [1.29, 1.82) is 0 Å². The van der Waals surface area contributed by atoms with Crippen LogP contribution in [0.2, 0.25) is 0 Å². The number of rotatable bonds is 3. The molecule has 0 saturated carbocycles. The van der Waals surface area contributed by atoms with Gasteiger partial charge in [0.25, 0.3) is 5.91 Å². The van der Waals surface area contributed by atoms with E-state index in [0.717, 1.165) is 29.2 Å². The number of carbonyl (C=O) groups excluding carboxylic acids is 2. The number of para-hydroxylation sites is 1. The Bertz CT molecular complexity index is 1210. The number of amides is 2. The maximum absolute atomic E-state index is 13.4. The van der Waals surface area contributed by atoms with Crippen LogP contribution in [0.4, 0.5) is 28.9 Å². The van der Waals surface area contributed by atoms with Crippen molar-refractivity contribution in [3.8, 4) is 0 Å². The predicted octanol–water partition coefficient (Wildman–Crippen LogP) is 4.90. The topological polar surface area (TPSA) is 49.9 Å². The van der Waals surface area contributed by atoms with Crippen molar-refractivity contribution in [2.75, 3.05) is 9.96 Å². The van der Waals surface area contributed by atoms with Gasteiger partial charge in [-0.1, -0.05) is 30.3 Å². The quantitative estimate of drug-likeness (QED) is 0.416. The Hall–Kier alpha value is -3.72. The zero-order valence-electron chi connectivity index (χ0n) is 16.9. The highest BCUT2D eigenvalue weighted by Gasteiger charge is 2.60. The van der Waals surface area contributed by atoms with Crippen LogP contribution in [-0.4, -0.2) is 17.9 Å². The molecule has 0 unspecified atom stereocenters. The molecule has 5 rings (SSSR count). The summed E-state index contributed by atoms with van der Waals surface area (Å²) in [5.41, 5.74) is -0.0337. The van der Waals surface area contributed by atoms with Gasteiger partial charge in [0.2, 0.25) is 5.91 Å². The maximum atomic E-state index is 13.4. The van der Waals surface area contributed by atoms with Crippen LogP contribution in [0.5, 0.6) is 0 Å². The third-order valence-electron chi connectivity index (χ3n) is 5.77. The van der Waals surface area contributed by atoms with E-state index < -0.39 is 47.4 Å². The molecule has 3 aromatic carbocycles. The fourth-order valence-corrected chi connectivity index (χ4v) is 4.30. The van der Waals surface area contributed by atoms with Gasteiger partial charge in [-0.05, 0) is 54.1 Å². The third-order valence-corrected chi connectivity index (χ3v) is 5.77. The molecule has 2 aliphatic heterocycles. The van der Waals surface area contributed by atoms with E-state index in [1.54, 1.807) is 30.3 Å². The second-order valence-corrected chi connectivity index (χ2v) is 7.77. The molecule has 2 amide bonds. The number of hydrogen-bond donors (Lipinski definition) is 0. The number of hydrogen-bond acceptors (Lipinski definition) is 4. The molecular weight excluding hydrogens is 440 g/mol. The van der Waals surface area contributed by atoms with Crippen molar-refractivity contribution >= 4 is 23.2 Å². The maximum Gasteiger partial charge on any atom is 0.416 e. The molecule has 3 atom stereocenters. The van der Waals surface area contributed by atoms with Crippen LogP contribution >= 0.6 is 0 Å². The van der Waals surface area contributed by atoms with E-state index in [1.165, 1.54) is 29.3 Å². The fourth-order valence-electron chi connectivity index (χ4n) is 4.30. The van der Waals surface area contributed by atoms with Gasteiger partial charge in [0, 0.05) is 0 Å². The molecule has 2 aliphatic rings. The number of carbonyl (C=O) groups is 2. The molecule has 0 aromatic heterocycles. The minimum atomic E-state index is -4.58. The van der Waals surface area contributed by atoms with Crippen LogP contribution in [0, 0.1) is 11.7 Å². The second kappa shape index (κ2) is 7.70. The first-order valence-corrected chi connectivity index (χ1v) is 10.1. The van der Waals surface area contributed by atoms with Gasteiger partial charge in [-0.3, -0.25) is 14.4 Å². The highest BCUT2D eigenvalue weighted by atomic mass is 19.4. The molecule has 0 aliphatic carbocycles. The van der Waals surface area contributed by atoms with Gasteiger partial charge >= 0.3 is 6.18 Å². The van der Waals surface area contributed by atoms with E-state index in [9.17, 15) is 27.2 Å². The Kier molecular flexibility index (Phi) is 4.93. The van der Waals surface area contributed by atoms with E-state index in [0.29, 0.717) is 5.69 Å². The Labute approximate surface area is 185 Å². The van der Waals surface area contributed by atoms with Crippen LogP contribution in [-0.2, 0) is 20.6 Å². The highest BCUT2D eigenvalue weighted by Crippen LogP contribution is 2.48. The zero-order valence-corrected chi connectivity index (χ0v) is 16.9. The second-order valence-electron chi connectivity index (χ2n) is 7.77. The summed E-state index contributed by atoms with van der Waals surface area (Å²) >= 11 is 0. The lowest BCUT2D eigenvalue weighted by atomic mass is 9.89. The molecule has 0 spiro atoms. The lowest BCUT2D eigenvalue weighted by Crippen LogP contribution is -2.37. The summed E-state index contributed by atoms with van der Waals surface area (Å²) < 4.78 is 53.5. The van der Waals surface area contributed by atoms with Crippen LogP contribution < -0.4 is 9.96 Å². The van der Waals surface area contributed by atoms with E-state index in [4.69, 9.17) is 4.84 Å². The van der Waals surface area contributed by atoms with Gasteiger partial charge in [0.05, 0.1) is 23.0 Å². The third kappa shape index (κ3) is 3.54. The number of imide groups is 1. The summed E-state index contributed by atoms with van der Waals surface area (Å²) in [6.45, 7) is 0. The van der Waals surface area contributed by atoms with Crippen molar-refractivity contribution in [3.63, 3.8) is 0 Å². The summed E-state index contributed by atoms with van der Waals surface area (Å²) in [4.78, 5) is 33.3. The molecule has 2 heterocycles. The van der Waals surface area contributed by atoms with Crippen molar-refractivity contribution < 1.29 is 32.0 Å².